The molecule has 0 saturated carbocycles. The Bertz CT molecular complexity index is 400. The first-order valence-electron chi connectivity index (χ1n) is 8.22. The third kappa shape index (κ3) is 4.82. The van der Waals surface area contributed by atoms with Crippen molar-refractivity contribution in [1.29, 1.82) is 0 Å². The van der Waals surface area contributed by atoms with Gasteiger partial charge in [-0.25, -0.2) is 0 Å². The standard InChI is InChI=1S/C18H30N2/c1-15(2)17-8-5-12-20(13-10-17)11-4-7-16-6-3-9-18(19)14-16/h3,6,9,14-15,17H,4-5,7-8,10-13,19H2,1-2H3. The third-order valence-corrected chi connectivity index (χ3v) is 4.70. The molecule has 1 heterocycles. The zero-order valence-electron chi connectivity index (χ0n) is 13.1. The SMILES string of the molecule is CC(C)C1CCCN(CCCc2cccc(N)c2)CC1. The van der Waals surface area contributed by atoms with Crippen LogP contribution in [-0.2, 0) is 6.42 Å². The Balaban J connectivity index is 1.72. The number of likely N-dealkylation sites (tertiary alicyclic amines) is 1. The van der Waals surface area contributed by atoms with E-state index in [1.165, 1.54) is 50.9 Å². The number of benzene rings is 1. The Hall–Kier alpha value is -1.02. The molecular weight excluding hydrogens is 244 g/mol. The van der Waals surface area contributed by atoms with Crippen molar-refractivity contribution in [2.45, 2.75) is 46.0 Å². The largest absolute Gasteiger partial charge is 0.399 e. The van der Waals surface area contributed by atoms with Crippen LogP contribution < -0.4 is 5.73 Å². The lowest BCUT2D eigenvalue weighted by molar-refractivity contribution is 0.269. The van der Waals surface area contributed by atoms with Crippen molar-refractivity contribution in [3.63, 3.8) is 0 Å². The van der Waals surface area contributed by atoms with Crippen LogP contribution in [0.1, 0.15) is 45.1 Å². The molecule has 0 radical (unpaired) electrons. The summed E-state index contributed by atoms with van der Waals surface area (Å²) in [6.45, 7) is 8.57. The minimum atomic E-state index is 0.849. The maximum absolute atomic E-state index is 5.83. The van der Waals surface area contributed by atoms with E-state index in [1.807, 2.05) is 6.07 Å². The number of hydrogen-bond acceptors (Lipinski definition) is 2. The topological polar surface area (TPSA) is 29.3 Å². The van der Waals surface area contributed by atoms with Crippen molar-refractivity contribution in [1.82, 2.24) is 4.90 Å². The maximum atomic E-state index is 5.83. The first-order valence-corrected chi connectivity index (χ1v) is 8.22. The Morgan fingerprint density at radius 3 is 2.85 bits per heavy atom. The zero-order chi connectivity index (χ0) is 14.4. The fourth-order valence-corrected chi connectivity index (χ4v) is 3.33. The number of rotatable bonds is 5. The summed E-state index contributed by atoms with van der Waals surface area (Å²) in [6.07, 6.45) is 6.57. The molecule has 2 rings (SSSR count). The molecule has 2 heteroatoms. The van der Waals surface area contributed by atoms with Gasteiger partial charge in [-0.1, -0.05) is 26.0 Å². The molecule has 1 fully saturated rings. The van der Waals surface area contributed by atoms with Crippen LogP contribution in [0.4, 0.5) is 5.69 Å². The van der Waals surface area contributed by atoms with Crippen molar-refractivity contribution in [3.05, 3.63) is 29.8 Å². The van der Waals surface area contributed by atoms with Gasteiger partial charge < -0.3 is 10.6 Å². The van der Waals surface area contributed by atoms with Crippen molar-refractivity contribution in [3.8, 4) is 0 Å². The second-order valence-electron chi connectivity index (χ2n) is 6.63. The van der Waals surface area contributed by atoms with Crippen LogP contribution in [0.5, 0.6) is 0 Å². The van der Waals surface area contributed by atoms with Crippen LogP contribution >= 0.6 is 0 Å². The van der Waals surface area contributed by atoms with Crippen LogP contribution in [0.3, 0.4) is 0 Å². The smallest absolute Gasteiger partial charge is 0.0316 e. The van der Waals surface area contributed by atoms with E-state index in [1.54, 1.807) is 0 Å². The lowest BCUT2D eigenvalue weighted by Gasteiger charge is -2.21. The predicted molar refractivity (Wildman–Crippen MR) is 87.8 cm³/mol. The summed E-state index contributed by atoms with van der Waals surface area (Å²) in [6, 6.07) is 8.32. The summed E-state index contributed by atoms with van der Waals surface area (Å²) >= 11 is 0. The lowest BCUT2D eigenvalue weighted by atomic mass is 9.89. The van der Waals surface area contributed by atoms with Gasteiger partial charge in [-0.05, 0) is 81.3 Å². The van der Waals surface area contributed by atoms with Gasteiger partial charge >= 0.3 is 0 Å². The molecule has 0 amide bonds. The summed E-state index contributed by atoms with van der Waals surface area (Å²) in [7, 11) is 0. The lowest BCUT2D eigenvalue weighted by Crippen LogP contribution is -2.26. The van der Waals surface area contributed by atoms with Gasteiger partial charge in [0, 0.05) is 5.69 Å². The minimum Gasteiger partial charge on any atom is -0.399 e. The van der Waals surface area contributed by atoms with Gasteiger partial charge in [-0.15, -0.1) is 0 Å². The summed E-state index contributed by atoms with van der Waals surface area (Å²) < 4.78 is 0. The molecule has 1 aromatic rings. The Morgan fingerprint density at radius 2 is 2.10 bits per heavy atom. The summed E-state index contributed by atoms with van der Waals surface area (Å²) in [5.74, 6) is 1.79. The quantitative estimate of drug-likeness (QED) is 0.824. The van der Waals surface area contributed by atoms with Gasteiger partial charge in [-0.2, -0.15) is 0 Å². The molecule has 2 nitrogen and oxygen atoms in total. The molecule has 0 spiro atoms. The number of anilines is 1. The monoisotopic (exact) mass is 274 g/mol. The highest BCUT2D eigenvalue weighted by Crippen LogP contribution is 2.24. The van der Waals surface area contributed by atoms with Crippen LogP contribution in [-0.4, -0.2) is 24.5 Å². The highest BCUT2D eigenvalue weighted by molar-refractivity contribution is 5.40. The molecule has 2 N–H and O–H groups in total. The van der Waals surface area contributed by atoms with Crippen LogP contribution in [0.25, 0.3) is 0 Å². The van der Waals surface area contributed by atoms with E-state index in [0.29, 0.717) is 0 Å². The Morgan fingerprint density at radius 1 is 1.25 bits per heavy atom. The average molecular weight is 274 g/mol. The molecule has 112 valence electrons. The van der Waals surface area contributed by atoms with Crippen molar-refractivity contribution >= 4 is 5.69 Å². The molecule has 20 heavy (non-hydrogen) atoms. The van der Waals surface area contributed by atoms with E-state index in [0.717, 1.165) is 23.9 Å². The summed E-state index contributed by atoms with van der Waals surface area (Å²) in [5, 5.41) is 0. The van der Waals surface area contributed by atoms with Crippen LogP contribution in [0.15, 0.2) is 24.3 Å². The first-order chi connectivity index (χ1) is 9.65. The van der Waals surface area contributed by atoms with E-state index in [-0.39, 0.29) is 0 Å². The third-order valence-electron chi connectivity index (χ3n) is 4.70. The van der Waals surface area contributed by atoms with E-state index >= 15 is 0 Å². The first kappa shape index (κ1) is 15.4. The number of nitrogens with two attached hydrogens (primary N) is 1. The number of hydrogen-bond donors (Lipinski definition) is 1. The van der Waals surface area contributed by atoms with Gasteiger partial charge in [0.1, 0.15) is 0 Å². The zero-order valence-corrected chi connectivity index (χ0v) is 13.1. The predicted octanol–water partition coefficient (Wildman–Crippen LogP) is 3.96. The molecular formula is C18H30N2. The molecule has 0 bridgehead atoms. The highest BCUT2D eigenvalue weighted by Gasteiger charge is 2.18. The highest BCUT2D eigenvalue weighted by atomic mass is 15.1. The number of nitrogen functional groups attached to an aromatic ring is 1. The molecule has 1 aliphatic heterocycles. The molecule has 0 aliphatic carbocycles. The van der Waals surface area contributed by atoms with Gasteiger partial charge in [-0.3, -0.25) is 0 Å². The van der Waals surface area contributed by atoms with E-state index in [2.05, 4.69) is 36.9 Å². The summed E-state index contributed by atoms with van der Waals surface area (Å²) in [4.78, 5) is 2.66. The van der Waals surface area contributed by atoms with E-state index < -0.39 is 0 Å². The molecule has 1 aliphatic rings. The van der Waals surface area contributed by atoms with Gasteiger partial charge in [0.2, 0.25) is 0 Å². The minimum absolute atomic E-state index is 0.849. The van der Waals surface area contributed by atoms with Crippen molar-refractivity contribution < 1.29 is 0 Å². The molecule has 1 aromatic carbocycles. The second-order valence-corrected chi connectivity index (χ2v) is 6.63. The molecule has 1 unspecified atom stereocenters. The number of nitrogens with zero attached hydrogens (tertiary/aromatic N) is 1. The van der Waals surface area contributed by atoms with Crippen molar-refractivity contribution in [2.24, 2.45) is 11.8 Å². The van der Waals surface area contributed by atoms with Crippen LogP contribution in [0.2, 0.25) is 0 Å². The van der Waals surface area contributed by atoms with Gasteiger partial charge in [0.05, 0.1) is 0 Å². The fourth-order valence-electron chi connectivity index (χ4n) is 3.33. The van der Waals surface area contributed by atoms with E-state index in [4.69, 9.17) is 5.73 Å². The van der Waals surface area contributed by atoms with Crippen molar-refractivity contribution in [2.75, 3.05) is 25.4 Å². The van der Waals surface area contributed by atoms with Gasteiger partial charge in [0.15, 0.2) is 0 Å². The van der Waals surface area contributed by atoms with E-state index in [9.17, 15) is 0 Å². The maximum Gasteiger partial charge on any atom is 0.0316 e. The molecule has 0 aromatic heterocycles. The molecule has 1 atom stereocenters. The Labute approximate surface area is 124 Å². The number of aryl methyl sites for hydroxylation is 1. The fraction of sp³-hybridized carbons (Fsp3) is 0.667. The average Bonchev–Trinajstić information content (AvgIpc) is 2.64. The molecule has 1 saturated heterocycles. The van der Waals surface area contributed by atoms with Crippen LogP contribution in [0, 0.1) is 11.8 Å². The normalized spacial score (nSPS) is 21.1. The summed E-state index contributed by atoms with van der Waals surface area (Å²) in [5.41, 5.74) is 8.09. The van der Waals surface area contributed by atoms with Gasteiger partial charge in [0.25, 0.3) is 0 Å². The Kier molecular flexibility index (Phi) is 5.90. The second kappa shape index (κ2) is 7.68.